The zero-order valence-corrected chi connectivity index (χ0v) is 13.5. The lowest BCUT2D eigenvalue weighted by molar-refractivity contribution is -0.121. The van der Waals surface area contributed by atoms with Crippen LogP contribution >= 0.6 is 0 Å². The second-order valence-corrected chi connectivity index (χ2v) is 6.55. The molecule has 118 valence electrons. The molecule has 1 fully saturated rings. The van der Waals surface area contributed by atoms with E-state index in [9.17, 15) is 4.79 Å². The Hall–Kier alpha value is -1.81. The van der Waals surface area contributed by atoms with E-state index in [0.717, 1.165) is 36.0 Å². The molecule has 22 heavy (non-hydrogen) atoms. The van der Waals surface area contributed by atoms with Crippen molar-refractivity contribution in [1.82, 2.24) is 10.6 Å². The fraction of sp³-hybridized carbons (Fsp3) is 0.500. The van der Waals surface area contributed by atoms with Gasteiger partial charge in [-0.3, -0.25) is 4.79 Å². The number of hydrogen-bond acceptors (Lipinski definition) is 3. The molecule has 4 nitrogen and oxygen atoms in total. The van der Waals surface area contributed by atoms with Gasteiger partial charge in [-0.1, -0.05) is 13.8 Å². The molecule has 1 aromatic carbocycles. The van der Waals surface area contributed by atoms with Gasteiger partial charge >= 0.3 is 0 Å². The van der Waals surface area contributed by atoms with Crippen LogP contribution in [0.3, 0.4) is 0 Å². The van der Waals surface area contributed by atoms with Crippen LogP contribution in [0.1, 0.15) is 42.9 Å². The van der Waals surface area contributed by atoms with Crippen molar-refractivity contribution in [2.45, 2.75) is 45.6 Å². The largest absolute Gasteiger partial charge is 0.464 e. The first kappa shape index (κ1) is 15.1. The molecule has 2 N–H and O–H groups in total. The van der Waals surface area contributed by atoms with Crippen molar-refractivity contribution >= 4 is 16.9 Å². The number of hydrogen-bond donors (Lipinski definition) is 2. The van der Waals surface area contributed by atoms with E-state index >= 15 is 0 Å². The first-order valence-corrected chi connectivity index (χ1v) is 8.05. The molecule has 1 aliphatic rings. The molecular weight excluding hydrogens is 276 g/mol. The van der Waals surface area contributed by atoms with E-state index in [0.29, 0.717) is 12.3 Å². The van der Waals surface area contributed by atoms with Crippen LogP contribution in [0.15, 0.2) is 22.8 Å². The van der Waals surface area contributed by atoms with Crippen molar-refractivity contribution in [3.63, 3.8) is 0 Å². The number of nitrogens with one attached hydrogen (secondary N) is 2. The van der Waals surface area contributed by atoms with Crippen molar-refractivity contribution in [3.05, 3.63) is 35.1 Å². The Morgan fingerprint density at radius 1 is 1.45 bits per heavy atom. The topological polar surface area (TPSA) is 54.3 Å². The van der Waals surface area contributed by atoms with Crippen LogP contribution in [-0.4, -0.2) is 25.0 Å². The zero-order chi connectivity index (χ0) is 15.7. The molecule has 0 spiro atoms. The number of aryl methyl sites for hydroxylation is 1. The molecule has 1 aliphatic heterocycles. The Morgan fingerprint density at radius 3 is 2.95 bits per heavy atom. The lowest BCUT2D eigenvalue weighted by atomic mass is 9.95. The zero-order valence-electron chi connectivity index (χ0n) is 13.5. The maximum atomic E-state index is 12.2. The summed E-state index contributed by atoms with van der Waals surface area (Å²) in [6, 6.07) is 4.52. The van der Waals surface area contributed by atoms with Crippen LogP contribution in [0.2, 0.25) is 0 Å². The number of rotatable bonds is 4. The van der Waals surface area contributed by atoms with Crippen molar-refractivity contribution in [2.75, 3.05) is 13.1 Å². The molecule has 2 aromatic rings. The van der Waals surface area contributed by atoms with Gasteiger partial charge in [-0.05, 0) is 49.1 Å². The standard InChI is InChI=1S/C18H24N2O2/c1-11(2)15-8-16-13(10-22-17(16)6-12(15)3)7-18(21)20-14-4-5-19-9-14/h6,8,10-11,14,19H,4-5,7,9H2,1-3H3,(H,20,21). The van der Waals surface area contributed by atoms with E-state index in [2.05, 4.69) is 43.5 Å². The minimum Gasteiger partial charge on any atom is -0.464 e. The van der Waals surface area contributed by atoms with Gasteiger partial charge in [-0.2, -0.15) is 0 Å². The van der Waals surface area contributed by atoms with Gasteiger partial charge in [0, 0.05) is 23.5 Å². The monoisotopic (exact) mass is 300 g/mol. The molecule has 1 aromatic heterocycles. The van der Waals surface area contributed by atoms with E-state index in [1.165, 1.54) is 11.1 Å². The molecule has 0 saturated carbocycles. The van der Waals surface area contributed by atoms with Gasteiger partial charge in [0.1, 0.15) is 5.58 Å². The minimum atomic E-state index is 0.0723. The predicted molar refractivity (Wildman–Crippen MR) is 88.2 cm³/mol. The summed E-state index contributed by atoms with van der Waals surface area (Å²) in [5, 5.41) is 7.41. The number of benzene rings is 1. The van der Waals surface area contributed by atoms with Gasteiger partial charge in [0.15, 0.2) is 0 Å². The van der Waals surface area contributed by atoms with Crippen LogP contribution in [-0.2, 0) is 11.2 Å². The summed E-state index contributed by atoms with van der Waals surface area (Å²) in [5.74, 6) is 0.536. The van der Waals surface area contributed by atoms with Crippen LogP contribution in [0, 0.1) is 6.92 Å². The highest BCUT2D eigenvalue weighted by Crippen LogP contribution is 2.29. The molecule has 0 aliphatic carbocycles. The Morgan fingerprint density at radius 2 is 2.27 bits per heavy atom. The minimum absolute atomic E-state index is 0.0723. The second-order valence-electron chi connectivity index (χ2n) is 6.55. The van der Waals surface area contributed by atoms with Crippen molar-refractivity contribution in [3.8, 4) is 0 Å². The molecule has 1 unspecified atom stereocenters. The van der Waals surface area contributed by atoms with Crippen LogP contribution in [0.4, 0.5) is 0 Å². The highest BCUT2D eigenvalue weighted by molar-refractivity contribution is 5.88. The molecule has 0 radical (unpaired) electrons. The molecule has 2 heterocycles. The third-order valence-corrected chi connectivity index (χ3v) is 4.44. The fourth-order valence-electron chi connectivity index (χ4n) is 3.23. The molecular formula is C18H24N2O2. The van der Waals surface area contributed by atoms with Crippen molar-refractivity contribution < 1.29 is 9.21 Å². The molecule has 1 atom stereocenters. The maximum Gasteiger partial charge on any atom is 0.224 e. The summed E-state index contributed by atoms with van der Waals surface area (Å²) >= 11 is 0. The van der Waals surface area contributed by atoms with Gasteiger partial charge in [-0.15, -0.1) is 0 Å². The Kier molecular flexibility index (Phi) is 4.21. The summed E-state index contributed by atoms with van der Waals surface area (Å²) in [7, 11) is 0. The normalized spacial score (nSPS) is 18.3. The maximum absolute atomic E-state index is 12.2. The SMILES string of the molecule is Cc1cc2occ(CC(=O)NC3CCNC3)c2cc1C(C)C. The Bertz CT molecular complexity index is 682. The third kappa shape index (κ3) is 3.02. The summed E-state index contributed by atoms with van der Waals surface area (Å²) in [5.41, 5.74) is 4.40. The highest BCUT2D eigenvalue weighted by Gasteiger charge is 2.18. The van der Waals surface area contributed by atoms with Crippen LogP contribution in [0.25, 0.3) is 11.0 Å². The average Bonchev–Trinajstić information content (AvgIpc) is 3.08. The van der Waals surface area contributed by atoms with E-state index in [4.69, 9.17) is 4.42 Å². The number of carbonyl (C=O) groups excluding carboxylic acids is 1. The van der Waals surface area contributed by atoms with Crippen molar-refractivity contribution in [1.29, 1.82) is 0 Å². The lowest BCUT2D eigenvalue weighted by Gasteiger charge is -2.11. The van der Waals surface area contributed by atoms with Gasteiger partial charge in [0.25, 0.3) is 0 Å². The second kappa shape index (κ2) is 6.13. The number of amides is 1. The van der Waals surface area contributed by atoms with E-state index in [-0.39, 0.29) is 11.9 Å². The number of carbonyl (C=O) groups is 1. The van der Waals surface area contributed by atoms with Crippen LogP contribution in [0.5, 0.6) is 0 Å². The summed E-state index contributed by atoms with van der Waals surface area (Å²) in [6.07, 6.45) is 3.11. The molecule has 0 bridgehead atoms. The van der Waals surface area contributed by atoms with Crippen LogP contribution < -0.4 is 10.6 Å². The average molecular weight is 300 g/mol. The van der Waals surface area contributed by atoms with E-state index < -0.39 is 0 Å². The quantitative estimate of drug-likeness (QED) is 0.913. The van der Waals surface area contributed by atoms with Gasteiger partial charge < -0.3 is 15.1 Å². The summed E-state index contributed by atoms with van der Waals surface area (Å²) < 4.78 is 5.64. The van der Waals surface area contributed by atoms with E-state index in [1.54, 1.807) is 6.26 Å². The van der Waals surface area contributed by atoms with Gasteiger partial charge in [0.05, 0.1) is 12.7 Å². The fourth-order valence-corrected chi connectivity index (χ4v) is 3.23. The number of furan rings is 1. The van der Waals surface area contributed by atoms with E-state index in [1.807, 2.05) is 0 Å². The summed E-state index contributed by atoms with van der Waals surface area (Å²) in [4.78, 5) is 12.2. The highest BCUT2D eigenvalue weighted by atomic mass is 16.3. The first-order chi connectivity index (χ1) is 10.5. The lowest BCUT2D eigenvalue weighted by Crippen LogP contribution is -2.37. The molecule has 3 rings (SSSR count). The summed E-state index contributed by atoms with van der Waals surface area (Å²) in [6.45, 7) is 8.34. The number of fused-ring (bicyclic) bond motifs is 1. The van der Waals surface area contributed by atoms with Gasteiger partial charge in [-0.25, -0.2) is 0 Å². The third-order valence-electron chi connectivity index (χ3n) is 4.44. The predicted octanol–water partition coefficient (Wildman–Crippen LogP) is 2.89. The van der Waals surface area contributed by atoms with Gasteiger partial charge in [0.2, 0.25) is 5.91 Å². The Labute approximate surface area is 131 Å². The first-order valence-electron chi connectivity index (χ1n) is 8.05. The smallest absolute Gasteiger partial charge is 0.224 e. The molecule has 1 saturated heterocycles. The van der Waals surface area contributed by atoms with Crippen molar-refractivity contribution in [2.24, 2.45) is 0 Å². The molecule has 1 amide bonds. The Balaban J connectivity index is 1.81. The molecule has 4 heteroatoms.